The number of rotatable bonds is 8. The Bertz CT molecular complexity index is 1280. The van der Waals surface area contributed by atoms with Crippen LogP contribution in [0, 0.1) is 11.3 Å². The largest absolute Gasteiger partial charge is 0.394 e. The second kappa shape index (κ2) is 10.3. The van der Waals surface area contributed by atoms with Gasteiger partial charge in [0, 0.05) is 24.1 Å². The van der Waals surface area contributed by atoms with Crippen molar-refractivity contribution in [3.63, 3.8) is 0 Å². The molecule has 4 N–H and O–H groups in total. The summed E-state index contributed by atoms with van der Waals surface area (Å²) in [5.41, 5.74) is 4.24. The van der Waals surface area contributed by atoms with Crippen molar-refractivity contribution < 1.29 is 9.90 Å². The lowest BCUT2D eigenvalue weighted by Crippen LogP contribution is -2.19. The lowest BCUT2D eigenvalue weighted by Gasteiger charge is -2.11. The van der Waals surface area contributed by atoms with Gasteiger partial charge in [-0.2, -0.15) is 10.4 Å². The van der Waals surface area contributed by atoms with Gasteiger partial charge < -0.3 is 21.1 Å². The van der Waals surface area contributed by atoms with E-state index < -0.39 is 0 Å². The molecule has 4 rings (SSSR count). The van der Waals surface area contributed by atoms with Crippen LogP contribution in [0.5, 0.6) is 0 Å². The minimum atomic E-state index is -0.303. The maximum absolute atomic E-state index is 12.1. The lowest BCUT2D eigenvalue weighted by molar-refractivity contribution is 0.262. The van der Waals surface area contributed by atoms with Gasteiger partial charge in [0.1, 0.15) is 6.07 Å². The summed E-state index contributed by atoms with van der Waals surface area (Å²) < 4.78 is 1.61. The number of aromatic nitrogens is 3. The fourth-order valence-electron chi connectivity index (χ4n) is 3.46. The van der Waals surface area contributed by atoms with Gasteiger partial charge in [0.05, 0.1) is 36.0 Å². The SMILES string of the molecule is N#Cc1cnc2c(cnn2CCO)c1NCCc1ccc(NC(=O)Nc2ccccc2)cc1. The number of amides is 2. The molecular weight excluding hydrogens is 418 g/mol. The molecule has 0 fully saturated rings. The van der Waals surface area contributed by atoms with Crippen molar-refractivity contribution in [1.29, 1.82) is 5.26 Å². The van der Waals surface area contributed by atoms with Crippen LogP contribution in [-0.2, 0) is 13.0 Å². The van der Waals surface area contributed by atoms with Crippen molar-refractivity contribution in [3.8, 4) is 6.07 Å². The number of fused-ring (bicyclic) bond motifs is 1. The topological polar surface area (TPSA) is 128 Å². The summed E-state index contributed by atoms with van der Waals surface area (Å²) in [6, 6.07) is 18.7. The smallest absolute Gasteiger partial charge is 0.323 e. The normalized spacial score (nSPS) is 10.5. The van der Waals surface area contributed by atoms with E-state index in [1.807, 2.05) is 54.6 Å². The molecule has 9 nitrogen and oxygen atoms in total. The molecule has 0 aliphatic heterocycles. The number of carbonyl (C=O) groups excluding carboxylic acids is 1. The van der Waals surface area contributed by atoms with Crippen LogP contribution in [0.4, 0.5) is 21.9 Å². The number of carbonyl (C=O) groups is 1. The Morgan fingerprint density at radius 2 is 1.76 bits per heavy atom. The molecule has 0 saturated carbocycles. The first kappa shape index (κ1) is 21.8. The molecule has 0 unspecified atom stereocenters. The molecule has 0 aliphatic carbocycles. The van der Waals surface area contributed by atoms with Crippen molar-refractivity contribution >= 4 is 34.1 Å². The third-order valence-electron chi connectivity index (χ3n) is 5.06. The number of nitrogens with one attached hydrogen (secondary N) is 3. The summed E-state index contributed by atoms with van der Waals surface area (Å²) in [5.74, 6) is 0. The molecule has 0 radical (unpaired) electrons. The number of hydrogen-bond donors (Lipinski definition) is 4. The van der Waals surface area contributed by atoms with E-state index in [2.05, 4.69) is 32.1 Å². The van der Waals surface area contributed by atoms with Gasteiger partial charge in [-0.15, -0.1) is 0 Å². The molecular formula is C24H23N7O2. The molecule has 2 amide bonds. The van der Waals surface area contributed by atoms with Gasteiger partial charge in [0.2, 0.25) is 0 Å². The summed E-state index contributed by atoms with van der Waals surface area (Å²) in [7, 11) is 0. The van der Waals surface area contributed by atoms with Crippen LogP contribution < -0.4 is 16.0 Å². The molecule has 9 heteroatoms. The first-order valence-corrected chi connectivity index (χ1v) is 10.5. The average molecular weight is 441 g/mol. The van der Waals surface area contributed by atoms with E-state index >= 15 is 0 Å². The Balaban J connectivity index is 1.36. The van der Waals surface area contributed by atoms with Crippen molar-refractivity contribution in [2.75, 3.05) is 29.1 Å². The van der Waals surface area contributed by atoms with Gasteiger partial charge in [-0.25, -0.2) is 14.5 Å². The first-order valence-electron chi connectivity index (χ1n) is 10.5. The van der Waals surface area contributed by atoms with Crippen LogP contribution in [0.2, 0.25) is 0 Å². The summed E-state index contributed by atoms with van der Waals surface area (Å²) in [6.07, 6.45) is 3.89. The average Bonchev–Trinajstić information content (AvgIpc) is 3.24. The van der Waals surface area contributed by atoms with E-state index in [1.54, 1.807) is 10.9 Å². The highest BCUT2D eigenvalue weighted by Gasteiger charge is 2.13. The van der Waals surface area contributed by atoms with Crippen molar-refractivity contribution in [2.24, 2.45) is 0 Å². The summed E-state index contributed by atoms with van der Waals surface area (Å²) in [6.45, 7) is 0.895. The van der Waals surface area contributed by atoms with Crippen LogP contribution in [0.25, 0.3) is 11.0 Å². The molecule has 4 aromatic rings. The van der Waals surface area contributed by atoms with Gasteiger partial charge in [-0.1, -0.05) is 30.3 Å². The Morgan fingerprint density at radius 1 is 1.03 bits per heavy atom. The Hall–Kier alpha value is -4.42. The van der Waals surface area contributed by atoms with Crippen LogP contribution in [-0.4, -0.2) is 39.1 Å². The quantitative estimate of drug-likeness (QED) is 0.331. The Morgan fingerprint density at radius 3 is 2.45 bits per heavy atom. The fraction of sp³-hybridized carbons (Fsp3) is 0.167. The number of benzene rings is 2. The van der Waals surface area contributed by atoms with E-state index in [0.29, 0.717) is 35.7 Å². The number of nitrogens with zero attached hydrogens (tertiary/aromatic N) is 4. The zero-order valence-electron chi connectivity index (χ0n) is 17.8. The van der Waals surface area contributed by atoms with E-state index in [4.69, 9.17) is 0 Å². The Kier molecular flexibility index (Phi) is 6.78. The molecule has 166 valence electrons. The molecule has 0 aliphatic rings. The van der Waals surface area contributed by atoms with Crippen molar-refractivity contribution in [2.45, 2.75) is 13.0 Å². The second-order valence-electron chi connectivity index (χ2n) is 7.31. The maximum Gasteiger partial charge on any atom is 0.323 e. The van der Waals surface area contributed by atoms with E-state index in [9.17, 15) is 15.2 Å². The van der Waals surface area contributed by atoms with Crippen molar-refractivity contribution in [3.05, 3.63) is 78.1 Å². The summed E-state index contributed by atoms with van der Waals surface area (Å²) in [5, 5.41) is 32.6. The third-order valence-corrected chi connectivity index (χ3v) is 5.06. The Labute approximate surface area is 190 Å². The van der Waals surface area contributed by atoms with Gasteiger partial charge in [-0.05, 0) is 36.2 Å². The molecule has 2 heterocycles. The molecule has 0 bridgehead atoms. The summed E-state index contributed by atoms with van der Waals surface area (Å²) in [4.78, 5) is 16.4. The molecule has 0 saturated heterocycles. The lowest BCUT2D eigenvalue weighted by atomic mass is 10.1. The number of aliphatic hydroxyl groups is 1. The van der Waals surface area contributed by atoms with Gasteiger partial charge >= 0.3 is 6.03 Å². The standard InChI is InChI=1S/C24H23N7O2/c25-14-18-15-27-23-21(16-28-31(23)12-13-32)22(18)26-11-10-17-6-8-20(9-7-17)30-24(33)29-19-4-2-1-3-5-19/h1-9,15-16,32H,10-13H2,(H,26,27)(H2,29,30,33). The highest BCUT2D eigenvalue weighted by atomic mass is 16.3. The number of para-hydroxylation sites is 1. The number of aliphatic hydroxyl groups excluding tert-OH is 1. The highest BCUT2D eigenvalue weighted by molar-refractivity contribution is 5.99. The van der Waals surface area contributed by atoms with Crippen LogP contribution in [0.15, 0.2) is 67.0 Å². The minimum Gasteiger partial charge on any atom is -0.394 e. The van der Waals surface area contributed by atoms with Crippen molar-refractivity contribution in [1.82, 2.24) is 14.8 Å². The molecule has 33 heavy (non-hydrogen) atoms. The second-order valence-corrected chi connectivity index (χ2v) is 7.31. The number of hydrogen-bond acceptors (Lipinski definition) is 6. The van der Waals surface area contributed by atoms with Gasteiger partial charge in [0.15, 0.2) is 5.65 Å². The molecule has 0 spiro atoms. The summed E-state index contributed by atoms with van der Waals surface area (Å²) >= 11 is 0. The number of nitriles is 1. The third kappa shape index (κ3) is 5.26. The molecule has 0 atom stereocenters. The number of urea groups is 1. The van der Waals surface area contributed by atoms with Gasteiger partial charge in [0.25, 0.3) is 0 Å². The number of anilines is 3. The van der Waals surface area contributed by atoms with Crippen LogP contribution >= 0.6 is 0 Å². The first-order chi connectivity index (χ1) is 16.2. The molecule has 2 aromatic carbocycles. The maximum atomic E-state index is 12.1. The zero-order valence-corrected chi connectivity index (χ0v) is 17.8. The van der Waals surface area contributed by atoms with E-state index in [-0.39, 0.29) is 12.6 Å². The van der Waals surface area contributed by atoms with Crippen LogP contribution in [0.3, 0.4) is 0 Å². The van der Waals surface area contributed by atoms with Crippen LogP contribution in [0.1, 0.15) is 11.1 Å². The van der Waals surface area contributed by atoms with E-state index in [0.717, 1.165) is 23.1 Å². The monoisotopic (exact) mass is 441 g/mol. The van der Waals surface area contributed by atoms with Gasteiger partial charge in [-0.3, -0.25) is 0 Å². The van der Waals surface area contributed by atoms with E-state index in [1.165, 1.54) is 6.20 Å². The predicted molar refractivity (Wildman–Crippen MR) is 127 cm³/mol. The minimum absolute atomic E-state index is 0.0417. The predicted octanol–water partition coefficient (Wildman–Crippen LogP) is 3.59. The fourth-order valence-corrected chi connectivity index (χ4v) is 3.46. The number of pyridine rings is 1. The zero-order chi connectivity index (χ0) is 23.0. The molecule has 2 aromatic heterocycles. The highest BCUT2D eigenvalue weighted by Crippen LogP contribution is 2.25.